The summed E-state index contributed by atoms with van der Waals surface area (Å²) in [6, 6.07) is 13.7. The third-order valence-electron chi connectivity index (χ3n) is 5.65. The second kappa shape index (κ2) is 8.57. The molecule has 0 aliphatic heterocycles. The van der Waals surface area contributed by atoms with Crippen LogP contribution in [0.1, 0.15) is 33.5 Å². The molecule has 0 radical (unpaired) electrons. The molecule has 3 aromatic rings. The number of nitrogens with one attached hydrogen (secondary N) is 1. The zero-order valence-electron chi connectivity index (χ0n) is 17.7. The van der Waals surface area contributed by atoms with Gasteiger partial charge in [0.15, 0.2) is 11.5 Å². The number of methoxy groups -OCH3 is 2. The van der Waals surface area contributed by atoms with Gasteiger partial charge in [0.2, 0.25) is 0 Å². The Bertz CT molecular complexity index is 1150. The van der Waals surface area contributed by atoms with E-state index >= 15 is 0 Å². The molecule has 0 saturated heterocycles. The van der Waals surface area contributed by atoms with E-state index in [0.717, 1.165) is 31.4 Å². The van der Waals surface area contributed by atoms with Crippen LogP contribution in [-0.4, -0.2) is 20.1 Å². The van der Waals surface area contributed by atoms with Gasteiger partial charge in [-0.15, -0.1) is 0 Å². The van der Waals surface area contributed by atoms with Crippen LogP contribution in [0.15, 0.2) is 54.6 Å². The molecule has 0 aromatic heterocycles. The van der Waals surface area contributed by atoms with Crippen LogP contribution in [0.25, 0.3) is 11.1 Å². The Balaban J connectivity index is 1.73. The summed E-state index contributed by atoms with van der Waals surface area (Å²) in [5, 5.41) is 2.91. The standard InChI is InChI=1S/C25H22F3NO3/c1-31-22-13-20(16-6-9-18(10-7-16)25(26,27)28)21(14-23(22)32-2)24(30)29-19-11-8-15-4-3-5-17(15)12-19/h6-14H,3-5H2,1-2H3,(H,29,30). The van der Waals surface area contributed by atoms with Crippen molar-refractivity contribution in [3.05, 3.63) is 76.9 Å². The van der Waals surface area contributed by atoms with Gasteiger partial charge in [0, 0.05) is 5.69 Å². The SMILES string of the molecule is COc1cc(C(=O)Nc2ccc3c(c2)CCC3)c(-c2ccc(C(F)(F)F)cc2)cc1OC. The molecule has 1 amide bonds. The van der Waals surface area contributed by atoms with Crippen LogP contribution >= 0.6 is 0 Å². The predicted octanol–water partition coefficient (Wildman–Crippen LogP) is 6.13. The Morgan fingerprint density at radius 1 is 0.875 bits per heavy atom. The minimum atomic E-state index is -4.44. The van der Waals surface area contributed by atoms with Crippen LogP contribution < -0.4 is 14.8 Å². The Labute approximate surface area is 184 Å². The summed E-state index contributed by atoms with van der Waals surface area (Å²) in [6.07, 6.45) is -1.33. The average Bonchev–Trinajstić information content (AvgIpc) is 3.25. The van der Waals surface area contributed by atoms with Gasteiger partial charge in [-0.2, -0.15) is 13.2 Å². The van der Waals surface area contributed by atoms with Gasteiger partial charge in [0.05, 0.1) is 25.3 Å². The lowest BCUT2D eigenvalue weighted by Crippen LogP contribution is -2.14. The molecule has 0 atom stereocenters. The van der Waals surface area contributed by atoms with E-state index in [4.69, 9.17) is 9.47 Å². The minimum absolute atomic E-state index is 0.267. The summed E-state index contributed by atoms with van der Waals surface area (Å²) in [5.41, 5.74) is 3.59. The van der Waals surface area contributed by atoms with E-state index in [-0.39, 0.29) is 5.56 Å². The van der Waals surface area contributed by atoms with E-state index in [0.29, 0.717) is 28.3 Å². The highest BCUT2D eigenvalue weighted by Crippen LogP contribution is 2.38. The average molecular weight is 441 g/mol. The first-order valence-electron chi connectivity index (χ1n) is 10.2. The number of halogens is 3. The second-order valence-electron chi connectivity index (χ2n) is 7.62. The first-order valence-corrected chi connectivity index (χ1v) is 10.2. The highest BCUT2D eigenvalue weighted by Gasteiger charge is 2.30. The summed E-state index contributed by atoms with van der Waals surface area (Å²) in [7, 11) is 2.91. The van der Waals surface area contributed by atoms with Gasteiger partial charge in [0.25, 0.3) is 5.91 Å². The molecule has 0 bridgehead atoms. The predicted molar refractivity (Wildman–Crippen MR) is 116 cm³/mol. The molecule has 0 heterocycles. The van der Waals surface area contributed by atoms with Crippen molar-refractivity contribution in [2.75, 3.05) is 19.5 Å². The zero-order valence-corrected chi connectivity index (χ0v) is 17.7. The maximum Gasteiger partial charge on any atom is 0.416 e. The summed E-state index contributed by atoms with van der Waals surface area (Å²) < 4.78 is 49.6. The van der Waals surface area contributed by atoms with Crippen molar-refractivity contribution in [3.8, 4) is 22.6 Å². The van der Waals surface area contributed by atoms with Gasteiger partial charge in [-0.3, -0.25) is 4.79 Å². The molecule has 1 aliphatic rings. The maximum atomic E-state index is 13.2. The van der Waals surface area contributed by atoms with Gasteiger partial charge in [0.1, 0.15) is 0 Å². The summed E-state index contributed by atoms with van der Waals surface area (Å²) in [6.45, 7) is 0. The van der Waals surface area contributed by atoms with Crippen molar-refractivity contribution in [2.24, 2.45) is 0 Å². The number of anilines is 1. The Morgan fingerprint density at radius 2 is 1.53 bits per heavy atom. The molecule has 32 heavy (non-hydrogen) atoms. The third-order valence-corrected chi connectivity index (χ3v) is 5.65. The molecule has 7 heteroatoms. The fraction of sp³-hybridized carbons (Fsp3) is 0.240. The van der Waals surface area contributed by atoms with Crippen LogP contribution in [0.3, 0.4) is 0 Å². The Morgan fingerprint density at radius 3 is 2.19 bits per heavy atom. The Hall–Kier alpha value is -3.48. The van der Waals surface area contributed by atoms with Crippen LogP contribution in [0.2, 0.25) is 0 Å². The molecule has 3 aromatic carbocycles. The van der Waals surface area contributed by atoms with E-state index in [1.807, 2.05) is 18.2 Å². The lowest BCUT2D eigenvalue weighted by Gasteiger charge is -2.16. The number of fused-ring (bicyclic) bond motifs is 1. The topological polar surface area (TPSA) is 47.6 Å². The number of carbonyl (C=O) groups excluding carboxylic acids is 1. The van der Waals surface area contributed by atoms with Crippen molar-refractivity contribution in [3.63, 3.8) is 0 Å². The molecule has 1 aliphatic carbocycles. The van der Waals surface area contributed by atoms with Crippen molar-refractivity contribution < 1.29 is 27.4 Å². The van der Waals surface area contributed by atoms with E-state index in [9.17, 15) is 18.0 Å². The quantitative estimate of drug-likeness (QED) is 0.518. The third kappa shape index (κ3) is 4.28. The number of amides is 1. The fourth-order valence-corrected chi connectivity index (χ4v) is 3.99. The Kier molecular flexibility index (Phi) is 5.82. The molecular weight excluding hydrogens is 419 g/mol. The molecule has 0 unspecified atom stereocenters. The van der Waals surface area contributed by atoms with Crippen LogP contribution in [0.5, 0.6) is 11.5 Å². The maximum absolute atomic E-state index is 13.2. The summed E-state index contributed by atoms with van der Waals surface area (Å²) in [4.78, 5) is 13.2. The molecule has 4 nitrogen and oxygen atoms in total. The normalized spacial score (nSPS) is 12.9. The van der Waals surface area contributed by atoms with Gasteiger partial charge in [-0.1, -0.05) is 18.2 Å². The van der Waals surface area contributed by atoms with Crippen molar-refractivity contribution in [1.82, 2.24) is 0 Å². The number of ether oxygens (including phenoxy) is 2. The molecular formula is C25H22F3NO3. The summed E-state index contributed by atoms with van der Waals surface area (Å²) in [5.74, 6) is 0.331. The van der Waals surface area contributed by atoms with E-state index in [1.54, 1.807) is 6.07 Å². The molecule has 0 spiro atoms. The first kappa shape index (κ1) is 21.7. The molecule has 0 saturated carbocycles. The molecule has 1 N–H and O–H groups in total. The van der Waals surface area contributed by atoms with Gasteiger partial charge in [-0.25, -0.2) is 0 Å². The van der Waals surface area contributed by atoms with Crippen molar-refractivity contribution in [2.45, 2.75) is 25.4 Å². The minimum Gasteiger partial charge on any atom is -0.493 e. The van der Waals surface area contributed by atoms with Crippen LogP contribution in [-0.2, 0) is 19.0 Å². The first-order chi connectivity index (χ1) is 15.3. The van der Waals surface area contributed by atoms with E-state index in [1.165, 1.54) is 43.5 Å². The number of alkyl halides is 3. The van der Waals surface area contributed by atoms with Crippen molar-refractivity contribution in [1.29, 1.82) is 0 Å². The molecule has 166 valence electrons. The molecule has 4 rings (SSSR count). The van der Waals surface area contributed by atoms with Gasteiger partial charge >= 0.3 is 6.18 Å². The second-order valence-corrected chi connectivity index (χ2v) is 7.62. The largest absolute Gasteiger partial charge is 0.493 e. The van der Waals surface area contributed by atoms with Crippen LogP contribution in [0, 0.1) is 0 Å². The zero-order chi connectivity index (χ0) is 22.9. The van der Waals surface area contributed by atoms with Crippen LogP contribution in [0.4, 0.5) is 18.9 Å². The van der Waals surface area contributed by atoms with Crippen molar-refractivity contribution >= 4 is 11.6 Å². The van der Waals surface area contributed by atoms with E-state index in [2.05, 4.69) is 5.32 Å². The number of carbonyl (C=O) groups is 1. The number of rotatable bonds is 5. The van der Waals surface area contributed by atoms with Gasteiger partial charge < -0.3 is 14.8 Å². The van der Waals surface area contributed by atoms with E-state index < -0.39 is 17.6 Å². The lowest BCUT2D eigenvalue weighted by atomic mass is 9.97. The number of hydrogen-bond acceptors (Lipinski definition) is 3. The number of aryl methyl sites for hydroxylation is 2. The smallest absolute Gasteiger partial charge is 0.416 e. The number of hydrogen-bond donors (Lipinski definition) is 1. The highest BCUT2D eigenvalue weighted by atomic mass is 19.4. The fourth-order valence-electron chi connectivity index (χ4n) is 3.99. The monoisotopic (exact) mass is 441 g/mol. The molecule has 0 fully saturated rings. The lowest BCUT2D eigenvalue weighted by molar-refractivity contribution is -0.137. The summed E-state index contributed by atoms with van der Waals surface area (Å²) >= 11 is 0. The van der Waals surface area contributed by atoms with Gasteiger partial charge in [-0.05, 0) is 77.9 Å². The highest BCUT2D eigenvalue weighted by molar-refractivity contribution is 6.09. The number of benzene rings is 3.